The lowest BCUT2D eigenvalue weighted by Gasteiger charge is -2.33. The van der Waals surface area contributed by atoms with E-state index in [0.717, 1.165) is 44.3 Å². The van der Waals surface area contributed by atoms with E-state index < -0.39 is 0 Å². The molecule has 0 aromatic carbocycles. The van der Waals surface area contributed by atoms with E-state index in [4.69, 9.17) is 4.74 Å². The predicted octanol–water partition coefficient (Wildman–Crippen LogP) is -0.288. The van der Waals surface area contributed by atoms with E-state index in [9.17, 15) is 4.79 Å². The van der Waals surface area contributed by atoms with Gasteiger partial charge < -0.3 is 20.3 Å². The Kier molecular flexibility index (Phi) is 7.47. The fourth-order valence-corrected chi connectivity index (χ4v) is 2.70. The van der Waals surface area contributed by atoms with Gasteiger partial charge in [0.2, 0.25) is 5.91 Å². The minimum atomic E-state index is -0.0981. The highest BCUT2D eigenvalue weighted by Crippen LogP contribution is 2.24. The molecule has 1 aliphatic heterocycles. The van der Waals surface area contributed by atoms with Crippen LogP contribution in [-0.2, 0) is 9.53 Å². The van der Waals surface area contributed by atoms with Crippen LogP contribution >= 0.6 is 0 Å². The summed E-state index contributed by atoms with van der Waals surface area (Å²) in [5.74, 6) is 2.05. The molecule has 134 valence electrons. The molecule has 0 spiro atoms. The zero-order valence-electron chi connectivity index (χ0n) is 14.4. The number of aromatic amines is 1. The normalized spacial score (nSPS) is 16.2. The SMILES string of the molecule is CCNC(=NCC(=O)NCCOC)N1CCC(c2ncn[nH]2)CC1. The van der Waals surface area contributed by atoms with Gasteiger partial charge in [-0.05, 0) is 19.8 Å². The highest BCUT2D eigenvalue weighted by molar-refractivity contribution is 5.85. The van der Waals surface area contributed by atoms with Gasteiger partial charge in [0.1, 0.15) is 18.7 Å². The summed E-state index contributed by atoms with van der Waals surface area (Å²) in [7, 11) is 1.61. The average molecular weight is 337 g/mol. The quantitative estimate of drug-likeness (QED) is 0.359. The molecule has 2 rings (SSSR count). The predicted molar refractivity (Wildman–Crippen MR) is 90.8 cm³/mol. The van der Waals surface area contributed by atoms with E-state index in [0.29, 0.717) is 19.1 Å². The molecule has 0 bridgehead atoms. The molecule has 24 heavy (non-hydrogen) atoms. The van der Waals surface area contributed by atoms with Crippen LogP contribution in [0, 0.1) is 0 Å². The smallest absolute Gasteiger partial charge is 0.241 e. The lowest BCUT2D eigenvalue weighted by Crippen LogP contribution is -2.46. The Balaban J connectivity index is 1.84. The van der Waals surface area contributed by atoms with E-state index in [1.807, 2.05) is 6.92 Å². The number of rotatable bonds is 7. The van der Waals surface area contributed by atoms with Crippen molar-refractivity contribution in [1.82, 2.24) is 30.7 Å². The second-order valence-electron chi connectivity index (χ2n) is 5.64. The van der Waals surface area contributed by atoms with Gasteiger partial charge in [0.05, 0.1) is 6.61 Å². The van der Waals surface area contributed by atoms with Crippen LogP contribution in [0.15, 0.2) is 11.3 Å². The lowest BCUT2D eigenvalue weighted by atomic mass is 9.96. The third-order valence-corrected chi connectivity index (χ3v) is 3.95. The van der Waals surface area contributed by atoms with Gasteiger partial charge in [-0.1, -0.05) is 0 Å². The summed E-state index contributed by atoms with van der Waals surface area (Å²) in [6.45, 7) is 5.68. The Labute approximate surface area is 142 Å². The molecule has 1 aromatic rings. The van der Waals surface area contributed by atoms with Crippen molar-refractivity contribution < 1.29 is 9.53 Å². The summed E-state index contributed by atoms with van der Waals surface area (Å²) in [6, 6.07) is 0. The first-order valence-electron chi connectivity index (χ1n) is 8.38. The molecule has 0 unspecified atom stereocenters. The molecule has 9 heteroatoms. The van der Waals surface area contributed by atoms with Gasteiger partial charge in [-0.2, -0.15) is 5.10 Å². The maximum absolute atomic E-state index is 11.8. The Morgan fingerprint density at radius 1 is 1.46 bits per heavy atom. The number of hydrogen-bond acceptors (Lipinski definition) is 5. The van der Waals surface area contributed by atoms with E-state index in [2.05, 4.69) is 35.7 Å². The summed E-state index contributed by atoms with van der Waals surface area (Å²) in [5.41, 5.74) is 0. The van der Waals surface area contributed by atoms with Crippen LogP contribution in [0.25, 0.3) is 0 Å². The maximum atomic E-state index is 11.8. The Morgan fingerprint density at radius 2 is 2.25 bits per heavy atom. The zero-order chi connectivity index (χ0) is 17.2. The molecule has 9 nitrogen and oxygen atoms in total. The summed E-state index contributed by atoms with van der Waals surface area (Å²) in [6.07, 6.45) is 3.52. The number of carbonyl (C=O) groups excluding carboxylic acids is 1. The molecule has 1 aliphatic rings. The molecule has 0 aliphatic carbocycles. The van der Waals surface area contributed by atoms with E-state index >= 15 is 0 Å². The standard InChI is InChI=1S/C15H27N7O2/c1-3-16-15(18-10-13(23)17-6-9-24-2)22-7-4-12(5-8-22)14-19-11-20-21-14/h11-12H,3-10H2,1-2H3,(H,16,18)(H,17,23)(H,19,20,21). The molecule has 1 saturated heterocycles. The summed E-state index contributed by atoms with van der Waals surface area (Å²) in [5, 5.41) is 12.9. The highest BCUT2D eigenvalue weighted by Gasteiger charge is 2.24. The van der Waals surface area contributed by atoms with Crippen LogP contribution in [0.5, 0.6) is 0 Å². The Bertz CT molecular complexity index is 510. The highest BCUT2D eigenvalue weighted by atomic mass is 16.5. The molecule has 1 aromatic heterocycles. The van der Waals surface area contributed by atoms with Crippen LogP contribution in [0.3, 0.4) is 0 Å². The summed E-state index contributed by atoms with van der Waals surface area (Å²) < 4.78 is 4.91. The van der Waals surface area contributed by atoms with E-state index in [-0.39, 0.29) is 12.5 Å². The van der Waals surface area contributed by atoms with E-state index in [1.165, 1.54) is 0 Å². The van der Waals surface area contributed by atoms with Crippen molar-refractivity contribution in [2.75, 3.05) is 46.4 Å². The van der Waals surface area contributed by atoms with Crippen molar-refractivity contribution in [3.8, 4) is 0 Å². The first-order chi connectivity index (χ1) is 11.7. The van der Waals surface area contributed by atoms with Gasteiger partial charge in [-0.25, -0.2) is 9.98 Å². The molecular formula is C15H27N7O2. The third-order valence-electron chi connectivity index (χ3n) is 3.95. The topological polar surface area (TPSA) is 108 Å². The van der Waals surface area contributed by atoms with Gasteiger partial charge >= 0.3 is 0 Å². The summed E-state index contributed by atoms with van der Waals surface area (Å²) >= 11 is 0. The summed E-state index contributed by atoms with van der Waals surface area (Å²) in [4.78, 5) is 22.7. The van der Waals surface area contributed by atoms with Crippen LogP contribution in [0.1, 0.15) is 31.5 Å². The molecule has 0 atom stereocenters. The van der Waals surface area contributed by atoms with Gasteiger partial charge in [-0.3, -0.25) is 9.89 Å². The van der Waals surface area contributed by atoms with E-state index in [1.54, 1.807) is 13.4 Å². The van der Waals surface area contributed by atoms with Crippen molar-refractivity contribution in [1.29, 1.82) is 0 Å². The number of nitrogens with zero attached hydrogens (tertiary/aromatic N) is 4. The number of aromatic nitrogens is 3. The second kappa shape index (κ2) is 9.86. The van der Waals surface area contributed by atoms with Crippen molar-refractivity contribution in [3.05, 3.63) is 12.2 Å². The number of aliphatic imine (C=N–C) groups is 1. The number of amides is 1. The van der Waals surface area contributed by atoms with Crippen molar-refractivity contribution in [2.24, 2.45) is 4.99 Å². The van der Waals surface area contributed by atoms with Crippen LogP contribution < -0.4 is 10.6 Å². The van der Waals surface area contributed by atoms with Gasteiger partial charge in [0.25, 0.3) is 0 Å². The van der Waals surface area contributed by atoms with Crippen molar-refractivity contribution >= 4 is 11.9 Å². The lowest BCUT2D eigenvalue weighted by molar-refractivity contribution is -0.119. The number of hydrogen-bond donors (Lipinski definition) is 3. The number of piperidine rings is 1. The molecule has 1 amide bonds. The molecule has 2 heterocycles. The number of likely N-dealkylation sites (tertiary alicyclic amines) is 1. The molecule has 0 saturated carbocycles. The maximum Gasteiger partial charge on any atom is 0.241 e. The molecule has 3 N–H and O–H groups in total. The van der Waals surface area contributed by atoms with Crippen molar-refractivity contribution in [2.45, 2.75) is 25.7 Å². The van der Waals surface area contributed by atoms with Crippen molar-refractivity contribution in [3.63, 3.8) is 0 Å². The monoisotopic (exact) mass is 337 g/mol. The van der Waals surface area contributed by atoms with Gasteiger partial charge in [0.15, 0.2) is 5.96 Å². The average Bonchev–Trinajstić information content (AvgIpc) is 3.14. The van der Waals surface area contributed by atoms with Crippen LogP contribution in [-0.4, -0.2) is 78.4 Å². The van der Waals surface area contributed by atoms with Crippen LogP contribution in [0.2, 0.25) is 0 Å². The first-order valence-corrected chi connectivity index (χ1v) is 8.38. The molecular weight excluding hydrogens is 310 g/mol. The minimum Gasteiger partial charge on any atom is -0.383 e. The number of guanidine groups is 1. The third kappa shape index (κ3) is 5.48. The fraction of sp³-hybridized carbons (Fsp3) is 0.733. The number of H-pyrrole nitrogens is 1. The number of ether oxygens (including phenoxy) is 1. The molecule has 1 fully saturated rings. The Hall–Kier alpha value is -2.16. The van der Waals surface area contributed by atoms with Gasteiger partial charge in [-0.15, -0.1) is 0 Å². The second-order valence-corrected chi connectivity index (χ2v) is 5.64. The number of carbonyl (C=O) groups is 1. The number of methoxy groups -OCH3 is 1. The number of nitrogens with one attached hydrogen (secondary N) is 3. The minimum absolute atomic E-state index is 0.0981. The van der Waals surface area contributed by atoms with Gasteiger partial charge in [0, 0.05) is 39.2 Å². The zero-order valence-corrected chi connectivity index (χ0v) is 14.4. The first kappa shape index (κ1) is 18.2. The Morgan fingerprint density at radius 3 is 2.88 bits per heavy atom. The molecule has 0 radical (unpaired) electrons. The van der Waals surface area contributed by atoms with Crippen LogP contribution in [0.4, 0.5) is 0 Å². The fourth-order valence-electron chi connectivity index (χ4n) is 2.70. The largest absolute Gasteiger partial charge is 0.383 e.